The first kappa shape index (κ1) is 36.0. The normalized spacial score (nSPS) is 11.8. The van der Waals surface area contributed by atoms with E-state index in [2.05, 4.69) is 174 Å². The maximum atomic E-state index is 6.58. The molecule has 0 radical (unpaired) electrons. The van der Waals surface area contributed by atoms with Gasteiger partial charge in [0, 0.05) is 54.9 Å². The summed E-state index contributed by atoms with van der Waals surface area (Å²) in [6.45, 7) is 0. The summed E-state index contributed by atoms with van der Waals surface area (Å²) in [5.74, 6) is 1.84. The van der Waals surface area contributed by atoms with Crippen molar-refractivity contribution in [3.05, 3.63) is 212 Å². The number of fused-ring (bicyclic) bond motifs is 10. The molecule has 13 aromatic rings. The fourth-order valence-corrected chi connectivity index (χ4v) is 9.37. The highest BCUT2D eigenvalue weighted by Gasteiger charge is 2.20. The number of nitrogens with zero attached hydrogens (tertiary/aromatic N) is 5. The van der Waals surface area contributed by atoms with E-state index in [1.807, 2.05) is 42.5 Å². The lowest BCUT2D eigenvalue weighted by Gasteiger charge is -2.12. The van der Waals surface area contributed by atoms with Gasteiger partial charge in [0.1, 0.15) is 11.2 Å². The zero-order valence-electron chi connectivity index (χ0n) is 34.4. The van der Waals surface area contributed by atoms with Gasteiger partial charge in [-0.05, 0) is 52.9 Å². The molecule has 0 unspecified atom stereocenters. The average Bonchev–Trinajstić information content (AvgIpc) is 3.93. The second kappa shape index (κ2) is 14.4. The summed E-state index contributed by atoms with van der Waals surface area (Å²) in [6.07, 6.45) is 0. The minimum Gasteiger partial charge on any atom is -0.455 e. The summed E-state index contributed by atoms with van der Waals surface area (Å²) in [5.41, 5.74) is 12.9. The van der Waals surface area contributed by atoms with Crippen LogP contribution < -0.4 is 0 Å². The van der Waals surface area contributed by atoms with E-state index in [0.717, 1.165) is 99.4 Å². The quantitative estimate of drug-likeness (QED) is 0.156. The molecule has 0 bridgehead atoms. The molecule has 64 heavy (non-hydrogen) atoms. The molecule has 298 valence electrons. The molecule has 13 rings (SSSR count). The Kier molecular flexibility index (Phi) is 8.11. The monoisotopic (exact) mass is 817 g/mol. The zero-order chi connectivity index (χ0) is 42.1. The van der Waals surface area contributed by atoms with Gasteiger partial charge in [0.05, 0.1) is 27.6 Å². The molecule has 0 amide bonds. The van der Waals surface area contributed by atoms with Crippen molar-refractivity contribution in [1.29, 1.82) is 0 Å². The summed E-state index contributed by atoms with van der Waals surface area (Å²) in [7, 11) is 0. The number of rotatable bonds is 6. The lowest BCUT2D eigenvalue weighted by Crippen LogP contribution is -2.01. The van der Waals surface area contributed by atoms with Crippen LogP contribution in [0.2, 0.25) is 0 Å². The molecule has 0 aliphatic carbocycles. The summed E-state index contributed by atoms with van der Waals surface area (Å²) in [5, 5.41) is 7.79. The van der Waals surface area contributed by atoms with Crippen molar-refractivity contribution in [3.8, 4) is 62.2 Å². The van der Waals surface area contributed by atoms with Crippen molar-refractivity contribution in [3.63, 3.8) is 0 Å². The Morgan fingerprint density at radius 1 is 0.344 bits per heavy atom. The Labute approximate surface area is 367 Å². The van der Waals surface area contributed by atoms with Gasteiger partial charge in [-0.3, -0.25) is 0 Å². The van der Waals surface area contributed by atoms with E-state index in [9.17, 15) is 0 Å². The van der Waals surface area contributed by atoms with E-state index >= 15 is 0 Å². The van der Waals surface area contributed by atoms with Gasteiger partial charge in [-0.2, -0.15) is 0 Å². The summed E-state index contributed by atoms with van der Waals surface area (Å²) >= 11 is 0. The highest BCUT2D eigenvalue weighted by molar-refractivity contribution is 6.22. The molecule has 0 aliphatic rings. The molecular formula is C58H35N5O. The number of aromatic nitrogens is 5. The molecular weight excluding hydrogens is 783 g/mol. The van der Waals surface area contributed by atoms with Crippen LogP contribution in [0.3, 0.4) is 0 Å². The Hall–Kier alpha value is -8.74. The van der Waals surface area contributed by atoms with Crippen LogP contribution in [-0.2, 0) is 0 Å². The van der Waals surface area contributed by atoms with Crippen LogP contribution in [0.25, 0.3) is 128 Å². The van der Waals surface area contributed by atoms with Gasteiger partial charge >= 0.3 is 0 Å². The minimum atomic E-state index is 0.610. The van der Waals surface area contributed by atoms with Crippen molar-refractivity contribution >= 4 is 65.4 Å². The van der Waals surface area contributed by atoms with Crippen LogP contribution in [0, 0.1) is 0 Å². The minimum absolute atomic E-state index is 0.610. The molecule has 4 aromatic heterocycles. The topological polar surface area (TPSA) is 69.6 Å². The van der Waals surface area contributed by atoms with Gasteiger partial charge in [-0.1, -0.05) is 176 Å². The molecule has 6 heteroatoms. The van der Waals surface area contributed by atoms with E-state index in [4.69, 9.17) is 24.4 Å². The average molecular weight is 818 g/mol. The number of pyridine rings is 1. The smallest absolute Gasteiger partial charge is 0.164 e. The van der Waals surface area contributed by atoms with Gasteiger partial charge in [0.15, 0.2) is 17.5 Å². The lowest BCUT2D eigenvalue weighted by atomic mass is 9.98. The molecule has 0 spiro atoms. The predicted octanol–water partition coefficient (Wildman–Crippen LogP) is 14.9. The Morgan fingerprint density at radius 3 is 1.58 bits per heavy atom. The summed E-state index contributed by atoms with van der Waals surface area (Å²) < 4.78 is 8.89. The number of hydrogen-bond donors (Lipinski definition) is 0. The number of furan rings is 1. The number of benzene rings is 9. The third-order valence-electron chi connectivity index (χ3n) is 12.4. The fraction of sp³-hybridized carbons (Fsp3) is 0. The first-order valence-corrected chi connectivity index (χ1v) is 21.5. The molecule has 9 aromatic carbocycles. The van der Waals surface area contributed by atoms with Crippen molar-refractivity contribution in [2.75, 3.05) is 0 Å². The number of para-hydroxylation sites is 3. The maximum absolute atomic E-state index is 6.58. The van der Waals surface area contributed by atoms with Gasteiger partial charge in [0.2, 0.25) is 0 Å². The van der Waals surface area contributed by atoms with Crippen LogP contribution >= 0.6 is 0 Å². The van der Waals surface area contributed by atoms with Crippen LogP contribution in [0.1, 0.15) is 0 Å². The molecule has 0 saturated carbocycles. The summed E-state index contributed by atoms with van der Waals surface area (Å²) in [6, 6.07) is 73.8. The molecule has 4 heterocycles. The number of hydrogen-bond acceptors (Lipinski definition) is 5. The van der Waals surface area contributed by atoms with Crippen LogP contribution in [-0.4, -0.2) is 24.5 Å². The maximum Gasteiger partial charge on any atom is 0.164 e. The van der Waals surface area contributed by atoms with Gasteiger partial charge in [0.25, 0.3) is 0 Å². The van der Waals surface area contributed by atoms with Gasteiger partial charge in [-0.25, -0.2) is 19.9 Å². The van der Waals surface area contributed by atoms with Crippen molar-refractivity contribution in [2.24, 2.45) is 0 Å². The Morgan fingerprint density at radius 2 is 0.875 bits per heavy atom. The SMILES string of the molecule is c1ccc(-c2nc(-c3ccc(-c4ccc(-c5nc6c7ccccc7ccc6c6oc7ccccc7c56)cc4)cc3)nc(-c3cccc(-n4c5ccccc5c5ccccc54)c3)n2)cc1. The van der Waals surface area contributed by atoms with Crippen LogP contribution in [0.5, 0.6) is 0 Å². The third-order valence-corrected chi connectivity index (χ3v) is 12.4. The Balaban J connectivity index is 0.879. The van der Waals surface area contributed by atoms with E-state index in [1.165, 1.54) is 10.8 Å². The first-order chi connectivity index (χ1) is 31.7. The van der Waals surface area contributed by atoms with Crippen molar-refractivity contribution < 1.29 is 4.42 Å². The van der Waals surface area contributed by atoms with E-state index in [1.54, 1.807) is 0 Å². The fourth-order valence-electron chi connectivity index (χ4n) is 9.37. The van der Waals surface area contributed by atoms with E-state index in [-0.39, 0.29) is 0 Å². The van der Waals surface area contributed by atoms with Crippen molar-refractivity contribution in [2.45, 2.75) is 0 Å². The Bertz CT molecular complexity index is 3890. The predicted molar refractivity (Wildman–Crippen MR) is 261 cm³/mol. The van der Waals surface area contributed by atoms with Crippen molar-refractivity contribution in [1.82, 2.24) is 24.5 Å². The van der Waals surface area contributed by atoms with Gasteiger partial charge < -0.3 is 8.98 Å². The largest absolute Gasteiger partial charge is 0.455 e. The highest BCUT2D eigenvalue weighted by atomic mass is 16.3. The molecule has 6 nitrogen and oxygen atoms in total. The standard InChI is InChI=1S/C58H35N5O/c1-2-14-40(15-3-1)56-60-57(62-58(61-56)42-16-12-17-43(35-42)63-49-22-9-6-19-45(49)46-20-7-10-23-50(46)63)41-31-27-37(28-32-41)36-25-29-39(30-26-36)53-52-47-21-8-11-24-51(47)64-55(52)48-34-33-38-13-4-5-18-44(38)54(48)59-53/h1-35H. The zero-order valence-corrected chi connectivity index (χ0v) is 34.4. The highest BCUT2D eigenvalue weighted by Crippen LogP contribution is 2.42. The van der Waals surface area contributed by atoms with Gasteiger partial charge in [-0.15, -0.1) is 0 Å². The molecule has 0 saturated heterocycles. The molecule has 0 atom stereocenters. The van der Waals surface area contributed by atoms with E-state index in [0.29, 0.717) is 17.5 Å². The van der Waals surface area contributed by atoms with E-state index < -0.39 is 0 Å². The first-order valence-electron chi connectivity index (χ1n) is 21.5. The lowest BCUT2D eigenvalue weighted by molar-refractivity contribution is 0.672. The second-order valence-electron chi connectivity index (χ2n) is 16.2. The van der Waals surface area contributed by atoms with Crippen LogP contribution in [0.4, 0.5) is 0 Å². The van der Waals surface area contributed by atoms with Crippen LogP contribution in [0.15, 0.2) is 217 Å². The summed E-state index contributed by atoms with van der Waals surface area (Å²) in [4.78, 5) is 20.6. The molecule has 0 N–H and O–H groups in total. The second-order valence-corrected chi connectivity index (χ2v) is 16.2. The third kappa shape index (κ3) is 5.81. The molecule has 0 fully saturated rings. The molecule has 0 aliphatic heterocycles.